The Morgan fingerprint density at radius 2 is 1.93 bits per heavy atom. The fourth-order valence-corrected chi connectivity index (χ4v) is 4.83. The van der Waals surface area contributed by atoms with Crippen LogP contribution in [0, 0.1) is 0 Å². The number of ether oxygens (including phenoxy) is 2. The molecule has 156 valence electrons. The van der Waals surface area contributed by atoms with Gasteiger partial charge in [0.05, 0.1) is 18.6 Å². The lowest BCUT2D eigenvalue weighted by Gasteiger charge is -2.17. The van der Waals surface area contributed by atoms with Crippen molar-refractivity contribution in [3.63, 3.8) is 0 Å². The first-order chi connectivity index (χ1) is 14.0. The minimum atomic E-state index is -2.93. The predicted molar refractivity (Wildman–Crippen MR) is 114 cm³/mol. The summed E-state index contributed by atoms with van der Waals surface area (Å²) >= 11 is 0. The van der Waals surface area contributed by atoms with Gasteiger partial charge in [0.25, 0.3) is 0 Å². The van der Waals surface area contributed by atoms with Gasteiger partial charge in [-0.2, -0.15) is 0 Å². The van der Waals surface area contributed by atoms with Crippen molar-refractivity contribution >= 4 is 15.8 Å². The van der Waals surface area contributed by atoms with Crippen LogP contribution in [0.5, 0.6) is 11.5 Å². The van der Waals surface area contributed by atoms with E-state index >= 15 is 0 Å². The topological polar surface area (TPSA) is 89.0 Å². The second-order valence-corrected chi connectivity index (χ2v) is 9.16. The van der Waals surface area contributed by atoms with E-state index in [2.05, 4.69) is 15.6 Å². The van der Waals surface area contributed by atoms with Crippen LogP contribution in [0.4, 0.5) is 0 Å². The van der Waals surface area contributed by atoms with Crippen molar-refractivity contribution in [2.24, 2.45) is 4.99 Å². The fraction of sp³-hybridized carbons (Fsp3) is 0.381. The molecule has 1 fully saturated rings. The van der Waals surface area contributed by atoms with Gasteiger partial charge in [-0.1, -0.05) is 36.4 Å². The number of methoxy groups -OCH3 is 1. The molecule has 1 aliphatic rings. The van der Waals surface area contributed by atoms with Gasteiger partial charge in [0.15, 0.2) is 27.3 Å². The number of guanidine groups is 1. The minimum Gasteiger partial charge on any atom is -0.493 e. The van der Waals surface area contributed by atoms with Gasteiger partial charge in [0.2, 0.25) is 0 Å². The molecule has 0 spiro atoms. The van der Waals surface area contributed by atoms with E-state index in [0.29, 0.717) is 37.0 Å². The van der Waals surface area contributed by atoms with Gasteiger partial charge in [-0.15, -0.1) is 0 Å². The lowest BCUT2D eigenvalue weighted by molar-refractivity contribution is 0.284. The third-order valence-electron chi connectivity index (χ3n) is 4.72. The summed E-state index contributed by atoms with van der Waals surface area (Å²) in [6, 6.07) is 15.6. The molecule has 2 aromatic carbocycles. The van der Waals surface area contributed by atoms with Crippen LogP contribution in [0.25, 0.3) is 0 Å². The van der Waals surface area contributed by atoms with Crippen LogP contribution < -0.4 is 20.1 Å². The maximum atomic E-state index is 11.6. The van der Waals surface area contributed by atoms with Crippen LogP contribution in [0.2, 0.25) is 0 Å². The van der Waals surface area contributed by atoms with Crippen molar-refractivity contribution < 1.29 is 17.9 Å². The highest BCUT2D eigenvalue weighted by Crippen LogP contribution is 2.28. The van der Waals surface area contributed by atoms with Crippen LogP contribution in [0.15, 0.2) is 53.5 Å². The molecule has 1 unspecified atom stereocenters. The highest BCUT2D eigenvalue weighted by Gasteiger charge is 2.28. The van der Waals surface area contributed by atoms with Crippen molar-refractivity contribution in [3.8, 4) is 11.5 Å². The maximum absolute atomic E-state index is 11.6. The van der Waals surface area contributed by atoms with Crippen molar-refractivity contribution in [2.45, 2.75) is 25.6 Å². The molecule has 8 heteroatoms. The molecule has 1 aliphatic heterocycles. The SMILES string of the molecule is CN=C(NCc1ccc(OCc2ccccc2)c(OC)c1)NC1CCS(=O)(=O)C1. The Morgan fingerprint density at radius 1 is 1.14 bits per heavy atom. The van der Waals surface area contributed by atoms with E-state index in [-0.39, 0.29) is 17.5 Å². The van der Waals surface area contributed by atoms with E-state index < -0.39 is 9.84 Å². The van der Waals surface area contributed by atoms with E-state index in [0.717, 1.165) is 11.1 Å². The molecule has 0 aromatic heterocycles. The number of nitrogens with zero attached hydrogens (tertiary/aromatic N) is 1. The molecule has 2 N–H and O–H groups in total. The van der Waals surface area contributed by atoms with Gasteiger partial charge < -0.3 is 20.1 Å². The quantitative estimate of drug-likeness (QED) is 0.530. The van der Waals surface area contributed by atoms with Gasteiger partial charge in [0, 0.05) is 19.6 Å². The third-order valence-corrected chi connectivity index (χ3v) is 6.49. The monoisotopic (exact) mass is 417 g/mol. The lowest BCUT2D eigenvalue weighted by Crippen LogP contribution is -2.43. The highest BCUT2D eigenvalue weighted by atomic mass is 32.2. The molecule has 2 aromatic rings. The first kappa shape index (κ1) is 21.0. The number of sulfone groups is 1. The van der Waals surface area contributed by atoms with Gasteiger partial charge in [-0.3, -0.25) is 4.99 Å². The Bertz CT molecular complexity index is 946. The minimum absolute atomic E-state index is 0.102. The van der Waals surface area contributed by atoms with Gasteiger partial charge in [-0.25, -0.2) is 8.42 Å². The molecule has 0 amide bonds. The van der Waals surface area contributed by atoms with E-state index in [1.165, 1.54) is 0 Å². The van der Waals surface area contributed by atoms with Crippen molar-refractivity contribution in [2.75, 3.05) is 25.7 Å². The zero-order chi connectivity index (χ0) is 20.7. The Kier molecular flexibility index (Phi) is 6.98. The van der Waals surface area contributed by atoms with Crippen molar-refractivity contribution in [1.82, 2.24) is 10.6 Å². The number of nitrogens with one attached hydrogen (secondary N) is 2. The molecule has 0 bridgehead atoms. The second-order valence-electron chi connectivity index (χ2n) is 6.93. The standard InChI is InChI=1S/C21H27N3O4S/c1-22-21(24-18-10-11-29(25,26)15-18)23-13-17-8-9-19(20(12-17)27-2)28-14-16-6-4-3-5-7-16/h3-9,12,18H,10-11,13-15H2,1-2H3,(H2,22,23,24). The lowest BCUT2D eigenvalue weighted by atomic mass is 10.2. The van der Waals surface area contributed by atoms with Crippen LogP contribution in [-0.2, 0) is 23.0 Å². The molecule has 1 heterocycles. The number of hydrogen-bond donors (Lipinski definition) is 2. The summed E-state index contributed by atoms with van der Waals surface area (Å²) in [7, 11) is 0.349. The van der Waals surface area contributed by atoms with E-state index in [4.69, 9.17) is 9.47 Å². The molecule has 1 saturated heterocycles. The summed E-state index contributed by atoms with van der Waals surface area (Å²) in [5.41, 5.74) is 2.08. The number of hydrogen-bond acceptors (Lipinski definition) is 5. The summed E-state index contributed by atoms with van der Waals surface area (Å²) in [6.07, 6.45) is 0.601. The summed E-state index contributed by atoms with van der Waals surface area (Å²) in [5, 5.41) is 6.39. The molecule has 3 rings (SSSR count). The zero-order valence-corrected chi connectivity index (χ0v) is 17.5. The molecular formula is C21H27N3O4S. The molecule has 1 atom stereocenters. The molecular weight excluding hydrogens is 390 g/mol. The van der Waals surface area contributed by atoms with Crippen LogP contribution in [-0.4, -0.2) is 46.1 Å². The Balaban J connectivity index is 1.56. The van der Waals surface area contributed by atoms with E-state index in [9.17, 15) is 8.42 Å². The summed E-state index contributed by atoms with van der Waals surface area (Å²) in [6.45, 7) is 0.990. The summed E-state index contributed by atoms with van der Waals surface area (Å²) in [5.74, 6) is 2.29. The third kappa shape index (κ3) is 6.12. The predicted octanol–water partition coefficient (Wildman–Crippen LogP) is 2.13. The maximum Gasteiger partial charge on any atom is 0.191 e. The highest BCUT2D eigenvalue weighted by molar-refractivity contribution is 7.91. The zero-order valence-electron chi connectivity index (χ0n) is 16.7. The average Bonchev–Trinajstić information content (AvgIpc) is 3.08. The molecule has 29 heavy (non-hydrogen) atoms. The first-order valence-corrected chi connectivity index (χ1v) is 11.3. The number of rotatable bonds is 7. The summed E-state index contributed by atoms with van der Waals surface area (Å²) < 4.78 is 34.6. The molecule has 7 nitrogen and oxygen atoms in total. The van der Waals surface area contributed by atoms with E-state index in [1.54, 1.807) is 14.2 Å². The molecule has 0 radical (unpaired) electrons. The molecule has 0 aliphatic carbocycles. The largest absolute Gasteiger partial charge is 0.493 e. The summed E-state index contributed by atoms with van der Waals surface area (Å²) in [4.78, 5) is 4.18. The smallest absolute Gasteiger partial charge is 0.191 e. The van der Waals surface area contributed by atoms with Gasteiger partial charge >= 0.3 is 0 Å². The number of aliphatic imine (C=N–C) groups is 1. The Morgan fingerprint density at radius 3 is 2.59 bits per heavy atom. The Hall–Kier alpha value is -2.74. The Labute approximate surface area is 172 Å². The van der Waals surface area contributed by atoms with E-state index in [1.807, 2.05) is 48.5 Å². The normalized spacial score (nSPS) is 18.3. The second kappa shape index (κ2) is 9.65. The van der Waals surface area contributed by atoms with Crippen LogP contribution >= 0.6 is 0 Å². The van der Waals surface area contributed by atoms with Crippen LogP contribution in [0.1, 0.15) is 17.5 Å². The van der Waals surface area contributed by atoms with Crippen molar-refractivity contribution in [1.29, 1.82) is 0 Å². The number of benzene rings is 2. The molecule has 0 saturated carbocycles. The first-order valence-electron chi connectivity index (χ1n) is 9.50. The van der Waals surface area contributed by atoms with Crippen LogP contribution in [0.3, 0.4) is 0 Å². The van der Waals surface area contributed by atoms with Gasteiger partial charge in [0.1, 0.15) is 6.61 Å². The van der Waals surface area contributed by atoms with Crippen molar-refractivity contribution in [3.05, 3.63) is 59.7 Å². The average molecular weight is 418 g/mol. The van der Waals surface area contributed by atoms with Gasteiger partial charge in [-0.05, 0) is 29.7 Å². The fourth-order valence-electron chi connectivity index (χ4n) is 3.16.